The van der Waals surface area contributed by atoms with Crippen LogP contribution in [0.5, 0.6) is 17.2 Å². The Balaban J connectivity index is 1.65. The number of anilines is 1. The van der Waals surface area contributed by atoms with E-state index in [9.17, 15) is 13.2 Å². The average molecular weight is 472 g/mol. The van der Waals surface area contributed by atoms with Crippen LogP contribution in [0, 0.1) is 0 Å². The molecule has 0 radical (unpaired) electrons. The van der Waals surface area contributed by atoms with Gasteiger partial charge in [0.15, 0.2) is 5.82 Å². The van der Waals surface area contributed by atoms with E-state index in [1.807, 2.05) is 13.8 Å². The summed E-state index contributed by atoms with van der Waals surface area (Å²) in [5, 5.41) is 10.7. The van der Waals surface area contributed by atoms with Crippen molar-refractivity contribution in [2.45, 2.75) is 30.8 Å². The van der Waals surface area contributed by atoms with Crippen molar-refractivity contribution in [2.75, 3.05) is 19.4 Å². The summed E-state index contributed by atoms with van der Waals surface area (Å²) in [4.78, 5) is 14.3. The van der Waals surface area contributed by atoms with E-state index in [1.165, 1.54) is 37.2 Å². The Bertz CT molecular complexity index is 1310. The van der Waals surface area contributed by atoms with Gasteiger partial charge in [-0.05, 0) is 50.2 Å². The van der Waals surface area contributed by atoms with Gasteiger partial charge in [-0.1, -0.05) is 0 Å². The summed E-state index contributed by atoms with van der Waals surface area (Å²) in [6, 6.07) is 9.44. The third-order valence-electron chi connectivity index (χ3n) is 5.09. The lowest BCUT2D eigenvalue weighted by Gasteiger charge is -2.16. The lowest BCUT2D eigenvalue weighted by Crippen LogP contribution is -2.24. The van der Waals surface area contributed by atoms with Gasteiger partial charge in [-0.3, -0.25) is 4.79 Å². The van der Waals surface area contributed by atoms with E-state index in [0.29, 0.717) is 35.1 Å². The molecule has 0 saturated carbocycles. The van der Waals surface area contributed by atoms with Crippen molar-refractivity contribution in [2.24, 2.45) is 7.05 Å². The summed E-state index contributed by atoms with van der Waals surface area (Å²) >= 11 is 0. The van der Waals surface area contributed by atoms with Crippen LogP contribution >= 0.6 is 0 Å². The van der Waals surface area contributed by atoms with Crippen LogP contribution in [0.2, 0.25) is 0 Å². The Kier molecular flexibility index (Phi) is 5.62. The SMILES string of the molecule is CN(C)S(=O)(=O)c1ccc(Oc2cc(C(=O)Nc3cnn(C)n3)cc3c2CC(C)(C)O3)cc1. The normalized spacial score (nSPS) is 14.6. The van der Waals surface area contributed by atoms with Crippen LogP contribution in [0.3, 0.4) is 0 Å². The summed E-state index contributed by atoms with van der Waals surface area (Å²) in [6.45, 7) is 3.91. The number of amides is 1. The summed E-state index contributed by atoms with van der Waals surface area (Å²) in [5.74, 6) is 1.40. The van der Waals surface area contributed by atoms with Crippen molar-refractivity contribution < 1.29 is 22.7 Å². The Morgan fingerprint density at radius 3 is 2.52 bits per heavy atom. The number of hydrogen-bond donors (Lipinski definition) is 1. The molecule has 1 N–H and O–H groups in total. The van der Waals surface area contributed by atoms with Crippen LogP contribution in [-0.4, -0.2) is 53.3 Å². The number of rotatable bonds is 6. The lowest BCUT2D eigenvalue weighted by molar-refractivity contribution is 0.102. The van der Waals surface area contributed by atoms with Crippen molar-refractivity contribution in [3.05, 3.63) is 53.7 Å². The molecule has 0 unspecified atom stereocenters. The minimum atomic E-state index is -3.55. The number of hydrogen-bond acceptors (Lipinski definition) is 7. The molecule has 0 saturated heterocycles. The highest BCUT2D eigenvalue weighted by molar-refractivity contribution is 7.89. The van der Waals surface area contributed by atoms with Gasteiger partial charge in [0.05, 0.1) is 11.1 Å². The fourth-order valence-electron chi connectivity index (χ4n) is 3.48. The number of nitrogens with one attached hydrogen (secondary N) is 1. The molecule has 11 heteroatoms. The molecule has 174 valence electrons. The van der Waals surface area contributed by atoms with E-state index in [1.54, 1.807) is 31.3 Å². The molecule has 1 aliphatic heterocycles. The highest BCUT2D eigenvalue weighted by Gasteiger charge is 2.34. The predicted molar refractivity (Wildman–Crippen MR) is 121 cm³/mol. The largest absolute Gasteiger partial charge is 0.487 e. The molecular formula is C22H25N5O5S. The van der Waals surface area contributed by atoms with Gasteiger partial charge in [-0.25, -0.2) is 12.7 Å². The lowest BCUT2D eigenvalue weighted by atomic mass is 9.99. The average Bonchev–Trinajstić information content (AvgIpc) is 3.29. The van der Waals surface area contributed by atoms with Gasteiger partial charge in [0.1, 0.15) is 22.8 Å². The quantitative estimate of drug-likeness (QED) is 0.588. The van der Waals surface area contributed by atoms with E-state index in [2.05, 4.69) is 15.5 Å². The zero-order chi connectivity index (χ0) is 24.0. The van der Waals surface area contributed by atoms with E-state index < -0.39 is 15.6 Å². The first-order valence-corrected chi connectivity index (χ1v) is 11.6. The van der Waals surface area contributed by atoms with Crippen LogP contribution in [0.25, 0.3) is 0 Å². The van der Waals surface area contributed by atoms with E-state index in [-0.39, 0.29) is 10.8 Å². The van der Waals surface area contributed by atoms with E-state index >= 15 is 0 Å². The fraction of sp³-hybridized carbons (Fsp3) is 0.318. The third-order valence-corrected chi connectivity index (χ3v) is 6.92. The van der Waals surface area contributed by atoms with Crippen molar-refractivity contribution in [1.29, 1.82) is 0 Å². The molecule has 2 aromatic carbocycles. The molecule has 1 aliphatic rings. The molecule has 1 amide bonds. The zero-order valence-corrected chi connectivity index (χ0v) is 19.8. The number of benzene rings is 2. The maximum Gasteiger partial charge on any atom is 0.257 e. The van der Waals surface area contributed by atoms with Gasteiger partial charge in [0.2, 0.25) is 10.0 Å². The molecule has 3 aromatic rings. The Hall–Kier alpha value is -3.44. The maximum absolute atomic E-state index is 12.8. The van der Waals surface area contributed by atoms with E-state index in [4.69, 9.17) is 9.47 Å². The van der Waals surface area contributed by atoms with Gasteiger partial charge in [0, 0.05) is 38.7 Å². The number of sulfonamides is 1. The number of aromatic nitrogens is 3. The fourth-order valence-corrected chi connectivity index (χ4v) is 4.38. The number of fused-ring (bicyclic) bond motifs is 1. The molecular weight excluding hydrogens is 446 g/mol. The van der Waals surface area contributed by atoms with Crippen molar-refractivity contribution >= 4 is 21.7 Å². The topological polar surface area (TPSA) is 116 Å². The second kappa shape index (κ2) is 8.16. The Morgan fingerprint density at radius 1 is 1.21 bits per heavy atom. The molecule has 0 bridgehead atoms. The van der Waals surface area contributed by atoms with Crippen molar-refractivity contribution in [3.63, 3.8) is 0 Å². The van der Waals surface area contributed by atoms with Gasteiger partial charge < -0.3 is 14.8 Å². The van der Waals surface area contributed by atoms with Gasteiger partial charge >= 0.3 is 0 Å². The zero-order valence-electron chi connectivity index (χ0n) is 19.0. The molecule has 0 atom stereocenters. The summed E-state index contributed by atoms with van der Waals surface area (Å²) in [6.07, 6.45) is 2.04. The molecule has 2 heterocycles. The second-order valence-corrected chi connectivity index (χ2v) is 10.7. The second-order valence-electron chi connectivity index (χ2n) is 8.52. The number of aryl methyl sites for hydroxylation is 1. The van der Waals surface area contributed by atoms with Crippen LogP contribution in [0.4, 0.5) is 5.82 Å². The van der Waals surface area contributed by atoms with Crippen molar-refractivity contribution in [1.82, 2.24) is 19.3 Å². The first kappa shape index (κ1) is 22.7. The minimum Gasteiger partial charge on any atom is -0.487 e. The first-order chi connectivity index (χ1) is 15.4. The molecule has 10 nitrogen and oxygen atoms in total. The standard InChI is InChI=1S/C22H25N5O5S/c1-22(2)12-17-18(31-15-6-8-16(9-7-15)33(29,30)26(3)4)10-14(11-19(17)32-22)21(28)24-20-13-23-27(5)25-20/h6-11,13H,12H2,1-5H3,(H,24,25,28). The predicted octanol–water partition coefficient (Wildman–Crippen LogP) is 2.82. The monoisotopic (exact) mass is 471 g/mol. The van der Waals surface area contributed by atoms with E-state index in [0.717, 1.165) is 9.87 Å². The molecule has 1 aromatic heterocycles. The third kappa shape index (κ3) is 4.69. The summed E-state index contributed by atoms with van der Waals surface area (Å²) in [5.41, 5.74) is 0.712. The first-order valence-electron chi connectivity index (χ1n) is 10.2. The molecule has 0 spiro atoms. The Morgan fingerprint density at radius 2 is 1.91 bits per heavy atom. The van der Waals surface area contributed by atoms with Gasteiger partial charge in [-0.2, -0.15) is 9.90 Å². The molecule has 33 heavy (non-hydrogen) atoms. The summed E-state index contributed by atoms with van der Waals surface area (Å²) < 4.78 is 37.9. The maximum atomic E-state index is 12.8. The van der Waals surface area contributed by atoms with Crippen LogP contribution in [0.15, 0.2) is 47.5 Å². The van der Waals surface area contributed by atoms with Crippen LogP contribution in [-0.2, 0) is 23.5 Å². The Labute approximate surface area is 192 Å². The number of ether oxygens (including phenoxy) is 2. The summed E-state index contributed by atoms with van der Waals surface area (Å²) in [7, 11) is 1.06. The number of carbonyl (C=O) groups excluding carboxylic acids is 1. The number of nitrogens with zero attached hydrogens (tertiary/aromatic N) is 4. The van der Waals surface area contributed by atoms with Gasteiger partial charge in [0.25, 0.3) is 5.91 Å². The molecule has 0 fully saturated rings. The smallest absolute Gasteiger partial charge is 0.257 e. The number of carbonyl (C=O) groups is 1. The minimum absolute atomic E-state index is 0.159. The highest BCUT2D eigenvalue weighted by atomic mass is 32.2. The molecule has 4 rings (SSSR count). The van der Waals surface area contributed by atoms with Crippen molar-refractivity contribution in [3.8, 4) is 17.2 Å². The van der Waals surface area contributed by atoms with Crippen LogP contribution < -0.4 is 14.8 Å². The van der Waals surface area contributed by atoms with Crippen LogP contribution in [0.1, 0.15) is 29.8 Å². The molecule has 0 aliphatic carbocycles. The highest BCUT2D eigenvalue weighted by Crippen LogP contribution is 2.43. The van der Waals surface area contributed by atoms with Gasteiger partial charge in [-0.15, -0.1) is 5.10 Å².